The quantitative estimate of drug-likeness (QED) is 0.813. The van der Waals surface area contributed by atoms with E-state index in [1.165, 1.54) is 4.90 Å². The number of nitrogens with two attached hydrogens (primary N) is 1. The molecule has 3 N–H and O–H groups in total. The van der Waals surface area contributed by atoms with Crippen molar-refractivity contribution in [1.82, 2.24) is 4.90 Å². The molecule has 1 amide bonds. The van der Waals surface area contributed by atoms with Crippen molar-refractivity contribution >= 4 is 11.9 Å². The molecule has 5 nitrogen and oxygen atoms in total. The molecule has 1 rings (SSSR count). The number of likely N-dealkylation sites (tertiary alicyclic amines) is 1. The predicted molar refractivity (Wildman–Crippen MR) is 73.7 cm³/mol. The van der Waals surface area contributed by atoms with E-state index in [1.54, 1.807) is 0 Å². The number of amides is 1. The van der Waals surface area contributed by atoms with Gasteiger partial charge in [0.05, 0.1) is 5.54 Å². The number of carbonyl (C=O) groups is 2. The van der Waals surface area contributed by atoms with Crippen LogP contribution in [-0.4, -0.2) is 40.0 Å². The van der Waals surface area contributed by atoms with Gasteiger partial charge in [0, 0.05) is 6.54 Å². The van der Waals surface area contributed by atoms with E-state index < -0.39 is 23.0 Å². The number of hydrogen-bond acceptors (Lipinski definition) is 3. The second-order valence-corrected chi connectivity index (χ2v) is 6.19. The second kappa shape index (κ2) is 5.49. The van der Waals surface area contributed by atoms with Crippen molar-refractivity contribution in [3.05, 3.63) is 0 Å². The van der Waals surface area contributed by atoms with Crippen molar-refractivity contribution < 1.29 is 14.7 Å². The Morgan fingerprint density at radius 2 is 1.89 bits per heavy atom. The highest BCUT2D eigenvalue weighted by atomic mass is 16.4. The van der Waals surface area contributed by atoms with Crippen molar-refractivity contribution in [2.24, 2.45) is 11.1 Å². The summed E-state index contributed by atoms with van der Waals surface area (Å²) in [6.45, 7) is 8.03. The summed E-state index contributed by atoms with van der Waals surface area (Å²) < 4.78 is 0. The Morgan fingerprint density at radius 3 is 2.32 bits per heavy atom. The molecule has 0 saturated carbocycles. The first kappa shape index (κ1) is 16.0. The Kier molecular flexibility index (Phi) is 4.61. The third-order valence-corrected chi connectivity index (χ3v) is 4.45. The molecule has 0 aromatic heterocycles. The van der Waals surface area contributed by atoms with Crippen LogP contribution in [0.2, 0.25) is 0 Å². The van der Waals surface area contributed by atoms with Gasteiger partial charge in [0.25, 0.3) is 0 Å². The van der Waals surface area contributed by atoms with Gasteiger partial charge in [-0.3, -0.25) is 4.79 Å². The number of aliphatic carboxylic acids is 1. The van der Waals surface area contributed by atoms with Crippen molar-refractivity contribution in [2.75, 3.05) is 6.54 Å². The van der Waals surface area contributed by atoms with E-state index in [2.05, 4.69) is 0 Å². The van der Waals surface area contributed by atoms with E-state index in [-0.39, 0.29) is 5.91 Å². The van der Waals surface area contributed by atoms with Crippen LogP contribution in [0.1, 0.15) is 53.4 Å². The standard InChI is InChI=1S/C14H26N2O3/c1-5-14(15,6-2)12(19)16-9-7-8-13(3,4)10(16)11(17)18/h10H,5-9,15H2,1-4H3,(H,17,18). The highest BCUT2D eigenvalue weighted by Crippen LogP contribution is 2.36. The molecule has 0 spiro atoms. The molecule has 1 heterocycles. The number of hydrogen-bond donors (Lipinski definition) is 2. The molecule has 1 saturated heterocycles. The molecule has 19 heavy (non-hydrogen) atoms. The molecular formula is C14H26N2O3. The normalized spacial score (nSPS) is 23.2. The lowest BCUT2D eigenvalue weighted by Gasteiger charge is -2.46. The summed E-state index contributed by atoms with van der Waals surface area (Å²) in [6, 6.07) is -0.783. The molecule has 110 valence electrons. The van der Waals surface area contributed by atoms with E-state index in [9.17, 15) is 14.7 Å². The van der Waals surface area contributed by atoms with Gasteiger partial charge in [-0.05, 0) is 31.1 Å². The van der Waals surface area contributed by atoms with Crippen LogP contribution in [0.5, 0.6) is 0 Å². The molecule has 1 fully saturated rings. The van der Waals surface area contributed by atoms with Crippen molar-refractivity contribution in [2.45, 2.75) is 65.0 Å². The van der Waals surface area contributed by atoms with Crippen LogP contribution in [0.4, 0.5) is 0 Å². The van der Waals surface area contributed by atoms with E-state index in [4.69, 9.17) is 5.73 Å². The lowest BCUT2D eigenvalue weighted by Crippen LogP contribution is -2.63. The Hall–Kier alpha value is -1.10. The predicted octanol–water partition coefficient (Wildman–Crippen LogP) is 1.61. The molecule has 0 radical (unpaired) electrons. The number of rotatable bonds is 4. The summed E-state index contributed by atoms with van der Waals surface area (Å²) in [7, 11) is 0. The summed E-state index contributed by atoms with van der Waals surface area (Å²) in [5.41, 5.74) is 4.78. The van der Waals surface area contributed by atoms with Gasteiger partial charge in [0.2, 0.25) is 5.91 Å². The van der Waals surface area contributed by atoms with Crippen molar-refractivity contribution in [3.8, 4) is 0 Å². The van der Waals surface area contributed by atoms with Crippen molar-refractivity contribution in [3.63, 3.8) is 0 Å². The number of carboxylic acid groups (broad SMARTS) is 1. The van der Waals surface area contributed by atoms with Crippen LogP contribution in [0.25, 0.3) is 0 Å². The van der Waals surface area contributed by atoms with Crippen LogP contribution in [0.15, 0.2) is 0 Å². The fraction of sp³-hybridized carbons (Fsp3) is 0.857. The molecular weight excluding hydrogens is 244 g/mol. The van der Waals surface area contributed by atoms with E-state index in [0.29, 0.717) is 19.4 Å². The van der Waals surface area contributed by atoms with Gasteiger partial charge in [-0.25, -0.2) is 4.79 Å². The first-order valence-electron chi connectivity index (χ1n) is 7.02. The largest absolute Gasteiger partial charge is 0.480 e. The average molecular weight is 270 g/mol. The van der Waals surface area contributed by atoms with Crippen LogP contribution in [0, 0.1) is 5.41 Å². The van der Waals surface area contributed by atoms with Crippen molar-refractivity contribution in [1.29, 1.82) is 0 Å². The third-order valence-electron chi connectivity index (χ3n) is 4.45. The highest BCUT2D eigenvalue weighted by Gasteiger charge is 2.47. The molecule has 1 atom stereocenters. The smallest absolute Gasteiger partial charge is 0.326 e. The Bertz CT molecular complexity index is 362. The van der Waals surface area contributed by atoms with Gasteiger partial charge in [0.15, 0.2) is 0 Å². The fourth-order valence-electron chi connectivity index (χ4n) is 2.92. The van der Waals surface area contributed by atoms with Gasteiger partial charge < -0.3 is 15.7 Å². The molecule has 0 bridgehead atoms. The maximum absolute atomic E-state index is 12.6. The topological polar surface area (TPSA) is 83.6 Å². The Labute approximate surface area is 115 Å². The summed E-state index contributed by atoms with van der Waals surface area (Å²) in [6.07, 6.45) is 2.67. The number of nitrogens with zero attached hydrogens (tertiary/aromatic N) is 1. The minimum atomic E-state index is -0.943. The van der Waals surface area contributed by atoms with Crippen LogP contribution in [-0.2, 0) is 9.59 Å². The fourth-order valence-corrected chi connectivity index (χ4v) is 2.92. The first-order chi connectivity index (χ1) is 8.69. The molecule has 1 aliphatic rings. The molecule has 0 aromatic carbocycles. The average Bonchev–Trinajstić information content (AvgIpc) is 2.34. The second-order valence-electron chi connectivity index (χ2n) is 6.19. The monoisotopic (exact) mass is 270 g/mol. The molecule has 1 unspecified atom stereocenters. The Balaban J connectivity index is 3.09. The van der Waals surface area contributed by atoms with E-state index >= 15 is 0 Å². The number of carbonyl (C=O) groups excluding carboxylic acids is 1. The highest BCUT2D eigenvalue weighted by molar-refractivity contribution is 5.90. The summed E-state index contributed by atoms with van der Waals surface area (Å²) in [4.78, 5) is 25.7. The minimum Gasteiger partial charge on any atom is -0.480 e. The Morgan fingerprint density at radius 1 is 1.37 bits per heavy atom. The third kappa shape index (κ3) is 2.91. The molecule has 0 aromatic rings. The lowest BCUT2D eigenvalue weighted by molar-refractivity contribution is -0.161. The lowest BCUT2D eigenvalue weighted by atomic mass is 9.75. The summed E-state index contributed by atoms with van der Waals surface area (Å²) >= 11 is 0. The summed E-state index contributed by atoms with van der Waals surface area (Å²) in [5.74, 6) is -1.16. The maximum Gasteiger partial charge on any atom is 0.326 e. The molecule has 5 heteroatoms. The number of carboxylic acids is 1. The summed E-state index contributed by atoms with van der Waals surface area (Å²) in [5, 5.41) is 9.47. The zero-order valence-electron chi connectivity index (χ0n) is 12.4. The van der Waals surface area contributed by atoms with Crippen LogP contribution >= 0.6 is 0 Å². The molecule has 1 aliphatic heterocycles. The van der Waals surface area contributed by atoms with Crippen LogP contribution < -0.4 is 5.73 Å². The first-order valence-corrected chi connectivity index (χ1v) is 7.02. The zero-order chi connectivity index (χ0) is 14.8. The van der Waals surface area contributed by atoms with Gasteiger partial charge in [-0.2, -0.15) is 0 Å². The van der Waals surface area contributed by atoms with Gasteiger partial charge in [0.1, 0.15) is 6.04 Å². The van der Waals surface area contributed by atoms with Gasteiger partial charge >= 0.3 is 5.97 Å². The SMILES string of the molecule is CCC(N)(CC)C(=O)N1CCCC(C)(C)C1C(=O)O. The zero-order valence-corrected chi connectivity index (χ0v) is 12.4. The van der Waals surface area contributed by atoms with E-state index in [0.717, 1.165) is 12.8 Å². The maximum atomic E-state index is 12.6. The number of piperidine rings is 1. The van der Waals surface area contributed by atoms with Gasteiger partial charge in [-0.1, -0.05) is 27.7 Å². The van der Waals surface area contributed by atoms with Gasteiger partial charge in [-0.15, -0.1) is 0 Å². The minimum absolute atomic E-state index is 0.224. The van der Waals surface area contributed by atoms with Crippen LogP contribution in [0.3, 0.4) is 0 Å². The van der Waals surface area contributed by atoms with E-state index in [1.807, 2.05) is 27.7 Å². The molecule has 0 aliphatic carbocycles.